The van der Waals surface area contributed by atoms with Gasteiger partial charge >= 0.3 is 0 Å². The molecule has 6 nitrogen and oxygen atoms in total. The summed E-state index contributed by atoms with van der Waals surface area (Å²) in [4.78, 5) is 14.9. The molecule has 0 aliphatic heterocycles. The number of benzene rings is 3. The van der Waals surface area contributed by atoms with Crippen molar-refractivity contribution in [2.24, 2.45) is 0 Å². The van der Waals surface area contributed by atoms with Crippen molar-refractivity contribution in [3.8, 4) is 11.5 Å². The zero-order chi connectivity index (χ0) is 30.0. The van der Waals surface area contributed by atoms with Gasteiger partial charge in [0.25, 0.3) is 0 Å². The number of nitrogens with zero attached hydrogens (tertiary/aromatic N) is 1. The SMILES string of the molecule is CCCCCCCCCCC(=O)N(CCO)CCOC(c1ccccc1)(c1ccc(OC)cc1)c1ccc(OC)cc1. The molecule has 0 aliphatic rings. The first-order valence-electron chi connectivity index (χ1n) is 15.5. The predicted octanol–water partition coefficient (Wildman–Crippen LogP) is 7.36. The minimum Gasteiger partial charge on any atom is -0.497 e. The summed E-state index contributed by atoms with van der Waals surface area (Å²) in [5, 5.41) is 9.73. The number of rotatable bonds is 20. The molecular formula is C36H49NO5. The number of hydrogen-bond donors (Lipinski definition) is 1. The first-order valence-corrected chi connectivity index (χ1v) is 15.5. The first-order chi connectivity index (χ1) is 20.6. The topological polar surface area (TPSA) is 68.2 Å². The van der Waals surface area contributed by atoms with Gasteiger partial charge in [0, 0.05) is 19.5 Å². The van der Waals surface area contributed by atoms with Gasteiger partial charge in [-0.05, 0) is 47.4 Å². The first kappa shape index (κ1) is 33.2. The molecule has 3 rings (SSSR count). The van der Waals surface area contributed by atoms with E-state index in [0.717, 1.165) is 41.0 Å². The number of aliphatic hydroxyl groups excluding tert-OH is 1. The lowest BCUT2D eigenvalue weighted by molar-refractivity contribution is -0.133. The monoisotopic (exact) mass is 575 g/mol. The molecule has 0 radical (unpaired) electrons. The van der Waals surface area contributed by atoms with E-state index in [9.17, 15) is 9.90 Å². The van der Waals surface area contributed by atoms with E-state index >= 15 is 0 Å². The van der Waals surface area contributed by atoms with Gasteiger partial charge in [-0.2, -0.15) is 0 Å². The number of ether oxygens (including phenoxy) is 3. The molecule has 3 aromatic rings. The summed E-state index contributed by atoms with van der Waals surface area (Å²) in [5.41, 5.74) is 1.92. The Labute approximate surface area is 252 Å². The van der Waals surface area contributed by atoms with E-state index in [1.54, 1.807) is 19.1 Å². The minimum atomic E-state index is -0.939. The van der Waals surface area contributed by atoms with Crippen LogP contribution in [0.2, 0.25) is 0 Å². The van der Waals surface area contributed by atoms with Crippen molar-refractivity contribution in [2.75, 3.05) is 40.5 Å². The summed E-state index contributed by atoms with van der Waals surface area (Å²) in [6.45, 7) is 3.12. The van der Waals surface area contributed by atoms with Crippen LogP contribution in [0.5, 0.6) is 11.5 Å². The molecule has 0 aromatic heterocycles. The molecule has 0 heterocycles. The highest BCUT2D eigenvalue weighted by atomic mass is 16.5. The lowest BCUT2D eigenvalue weighted by atomic mass is 9.80. The van der Waals surface area contributed by atoms with E-state index in [1.807, 2.05) is 66.7 Å². The maximum atomic E-state index is 13.1. The molecule has 0 bridgehead atoms. The van der Waals surface area contributed by atoms with Crippen LogP contribution in [0.1, 0.15) is 81.4 Å². The van der Waals surface area contributed by atoms with Gasteiger partial charge in [0.2, 0.25) is 5.91 Å². The van der Waals surface area contributed by atoms with Gasteiger partial charge in [0.05, 0.1) is 27.4 Å². The van der Waals surface area contributed by atoms with Crippen LogP contribution in [0.25, 0.3) is 0 Å². The lowest BCUT2D eigenvalue weighted by Crippen LogP contribution is -2.39. The Morgan fingerprint density at radius 2 is 1.19 bits per heavy atom. The molecule has 0 atom stereocenters. The van der Waals surface area contributed by atoms with Gasteiger partial charge in [-0.3, -0.25) is 4.79 Å². The highest BCUT2D eigenvalue weighted by Gasteiger charge is 2.38. The molecule has 6 heteroatoms. The fourth-order valence-corrected chi connectivity index (χ4v) is 5.43. The third kappa shape index (κ3) is 9.33. The summed E-state index contributed by atoms with van der Waals surface area (Å²) >= 11 is 0. The van der Waals surface area contributed by atoms with Crippen LogP contribution in [-0.2, 0) is 15.1 Å². The highest BCUT2D eigenvalue weighted by Crippen LogP contribution is 2.41. The second-order valence-corrected chi connectivity index (χ2v) is 10.7. The van der Waals surface area contributed by atoms with Gasteiger partial charge in [0.1, 0.15) is 17.1 Å². The predicted molar refractivity (Wildman–Crippen MR) is 169 cm³/mol. The quantitative estimate of drug-likeness (QED) is 0.113. The summed E-state index contributed by atoms with van der Waals surface area (Å²) in [7, 11) is 3.31. The van der Waals surface area contributed by atoms with Crippen molar-refractivity contribution < 1.29 is 24.1 Å². The summed E-state index contributed by atoms with van der Waals surface area (Å²) in [6, 6.07) is 26.0. The second-order valence-electron chi connectivity index (χ2n) is 10.7. The zero-order valence-corrected chi connectivity index (χ0v) is 25.7. The number of aliphatic hydroxyl groups is 1. The van der Waals surface area contributed by atoms with Crippen LogP contribution in [0, 0.1) is 0 Å². The Hall–Kier alpha value is -3.35. The molecule has 1 amide bonds. The number of unbranched alkanes of at least 4 members (excludes halogenated alkanes) is 7. The van der Waals surface area contributed by atoms with Crippen molar-refractivity contribution in [1.29, 1.82) is 0 Å². The van der Waals surface area contributed by atoms with Crippen LogP contribution in [0.3, 0.4) is 0 Å². The Balaban J connectivity index is 1.79. The van der Waals surface area contributed by atoms with E-state index in [0.29, 0.717) is 19.5 Å². The normalized spacial score (nSPS) is 11.3. The molecule has 228 valence electrons. The molecule has 3 aromatic carbocycles. The molecule has 0 fully saturated rings. The fraction of sp³-hybridized carbons (Fsp3) is 0.472. The molecule has 0 unspecified atom stereocenters. The number of carbonyl (C=O) groups is 1. The molecule has 0 saturated carbocycles. The maximum Gasteiger partial charge on any atom is 0.222 e. The Kier molecular flexibility index (Phi) is 14.4. The molecule has 1 N–H and O–H groups in total. The van der Waals surface area contributed by atoms with E-state index in [1.165, 1.54) is 38.5 Å². The molecule has 42 heavy (non-hydrogen) atoms. The minimum absolute atomic E-state index is 0.0674. The standard InChI is InChI=1S/C36H49NO5/c1-4-5-6-7-8-9-10-14-17-35(39)37(26-28-38)27-29-42-36(30-15-12-11-13-16-30,31-18-22-33(40-2)23-19-31)32-20-24-34(41-3)25-21-32/h11-13,15-16,18-25,38H,4-10,14,17,26-29H2,1-3H3. The number of hydrogen-bond acceptors (Lipinski definition) is 5. The summed E-state index contributed by atoms with van der Waals surface area (Å²) < 4.78 is 17.8. The largest absolute Gasteiger partial charge is 0.497 e. The van der Waals surface area contributed by atoms with Gasteiger partial charge in [-0.15, -0.1) is 0 Å². The third-order valence-corrected chi connectivity index (χ3v) is 7.82. The fourth-order valence-electron chi connectivity index (χ4n) is 5.43. The van der Waals surface area contributed by atoms with Crippen molar-refractivity contribution in [3.05, 3.63) is 95.6 Å². The van der Waals surface area contributed by atoms with Crippen molar-refractivity contribution in [1.82, 2.24) is 4.90 Å². The smallest absolute Gasteiger partial charge is 0.222 e. The Morgan fingerprint density at radius 1 is 0.690 bits per heavy atom. The number of carbonyl (C=O) groups excluding carboxylic acids is 1. The molecule has 0 saturated heterocycles. The summed E-state index contributed by atoms with van der Waals surface area (Å²) in [5.74, 6) is 1.59. The van der Waals surface area contributed by atoms with Gasteiger partial charge in [0.15, 0.2) is 0 Å². The van der Waals surface area contributed by atoms with Gasteiger partial charge in [-0.25, -0.2) is 0 Å². The van der Waals surface area contributed by atoms with E-state index < -0.39 is 5.60 Å². The van der Waals surface area contributed by atoms with Gasteiger partial charge in [-0.1, -0.05) is 106 Å². The third-order valence-electron chi connectivity index (χ3n) is 7.82. The van der Waals surface area contributed by atoms with Crippen LogP contribution in [-0.4, -0.2) is 56.4 Å². The second kappa shape index (κ2) is 18.2. The summed E-state index contributed by atoms with van der Waals surface area (Å²) in [6.07, 6.45) is 9.98. The highest BCUT2D eigenvalue weighted by molar-refractivity contribution is 5.76. The average molecular weight is 576 g/mol. The Bertz CT molecular complexity index is 1100. The number of methoxy groups -OCH3 is 2. The van der Waals surface area contributed by atoms with Gasteiger partial charge < -0.3 is 24.2 Å². The van der Waals surface area contributed by atoms with E-state index in [4.69, 9.17) is 14.2 Å². The van der Waals surface area contributed by atoms with E-state index in [-0.39, 0.29) is 19.1 Å². The molecule has 0 aliphatic carbocycles. The van der Waals surface area contributed by atoms with Crippen molar-refractivity contribution in [2.45, 2.75) is 70.3 Å². The van der Waals surface area contributed by atoms with E-state index in [2.05, 4.69) is 19.1 Å². The van der Waals surface area contributed by atoms with Crippen LogP contribution in [0.4, 0.5) is 0 Å². The maximum absolute atomic E-state index is 13.1. The Morgan fingerprint density at radius 3 is 1.69 bits per heavy atom. The molecular weight excluding hydrogens is 526 g/mol. The van der Waals surface area contributed by atoms with Crippen LogP contribution < -0.4 is 9.47 Å². The van der Waals surface area contributed by atoms with Crippen molar-refractivity contribution >= 4 is 5.91 Å². The van der Waals surface area contributed by atoms with Crippen molar-refractivity contribution in [3.63, 3.8) is 0 Å². The van der Waals surface area contributed by atoms with Crippen LogP contribution >= 0.6 is 0 Å². The average Bonchev–Trinajstić information content (AvgIpc) is 3.04. The zero-order valence-electron chi connectivity index (χ0n) is 25.7. The lowest BCUT2D eigenvalue weighted by Gasteiger charge is -2.37. The van der Waals surface area contributed by atoms with Crippen LogP contribution in [0.15, 0.2) is 78.9 Å². The number of amides is 1. The molecule has 0 spiro atoms.